The maximum absolute atomic E-state index is 12.1. The zero-order valence-corrected chi connectivity index (χ0v) is 11.9. The van der Waals surface area contributed by atoms with Gasteiger partial charge in [-0.1, -0.05) is 0 Å². The maximum Gasteiger partial charge on any atom is 0.236 e. The molecule has 0 radical (unpaired) electrons. The molecular formula is C14H23N5O. The first-order chi connectivity index (χ1) is 9.72. The lowest BCUT2D eigenvalue weighted by Crippen LogP contribution is -2.42. The summed E-state index contributed by atoms with van der Waals surface area (Å²) < 4.78 is 1.97. The van der Waals surface area contributed by atoms with Crippen LogP contribution < -0.4 is 5.73 Å². The highest BCUT2D eigenvalue weighted by molar-refractivity contribution is 5.78. The number of anilines is 1. The summed E-state index contributed by atoms with van der Waals surface area (Å²) in [6.07, 6.45) is 6.34. The lowest BCUT2D eigenvalue weighted by molar-refractivity contribution is -0.131. The molecule has 3 rings (SSSR count). The van der Waals surface area contributed by atoms with Gasteiger partial charge < -0.3 is 10.6 Å². The Morgan fingerprint density at radius 1 is 1.25 bits per heavy atom. The molecule has 1 aromatic rings. The highest BCUT2D eigenvalue weighted by Gasteiger charge is 2.25. The zero-order chi connectivity index (χ0) is 13.9. The number of carbonyl (C=O) groups excluding carboxylic acids is 1. The first-order valence-electron chi connectivity index (χ1n) is 7.53. The van der Waals surface area contributed by atoms with E-state index in [1.165, 1.54) is 0 Å². The van der Waals surface area contributed by atoms with Gasteiger partial charge >= 0.3 is 0 Å². The predicted octanol–water partition coefficient (Wildman–Crippen LogP) is 0.725. The molecule has 0 saturated carbocycles. The standard InChI is InChI=1S/C14H23N5O/c15-13-5-10-19(16-13)12-3-8-17(9-4-12)11-14(20)18-6-1-2-7-18/h5,10,12H,1-4,6-9,11H2,(H2,15,16). The number of likely N-dealkylation sites (tertiary alicyclic amines) is 2. The van der Waals surface area contributed by atoms with Crippen LogP contribution in [0.1, 0.15) is 31.7 Å². The molecule has 2 N–H and O–H groups in total. The van der Waals surface area contributed by atoms with Crippen LogP contribution in [-0.2, 0) is 4.79 Å². The summed E-state index contributed by atoms with van der Waals surface area (Å²) in [4.78, 5) is 16.4. The number of aromatic nitrogens is 2. The van der Waals surface area contributed by atoms with E-state index in [9.17, 15) is 4.79 Å². The Kier molecular flexibility index (Phi) is 3.91. The molecule has 0 spiro atoms. The number of nitrogen functional groups attached to an aromatic ring is 1. The summed E-state index contributed by atoms with van der Waals surface area (Å²) in [5.74, 6) is 0.876. The first kappa shape index (κ1) is 13.4. The van der Waals surface area contributed by atoms with E-state index in [4.69, 9.17) is 5.73 Å². The van der Waals surface area contributed by atoms with E-state index >= 15 is 0 Å². The quantitative estimate of drug-likeness (QED) is 0.884. The van der Waals surface area contributed by atoms with Crippen molar-refractivity contribution < 1.29 is 4.79 Å². The van der Waals surface area contributed by atoms with E-state index in [-0.39, 0.29) is 0 Å². The van der Waals surface area contributed by atoms with E-state index in [2.05, 4.69) is 10.00 Å². The van der Waals surface area contributed by atoms with Crippen molar-refractivity contribution in [2.75, 3.05) is 38.5 Å². The van der Waals surface area contributed by atoms with Gasteiger partial charge in [0.15, 0.2) is 0 Å². The number of carbonyl (C=O) groups is 1. The minimum absolute atomic E-state index is 0.296. The Morgan fingerprint density at radius 3 is 2.55 bits per heavy atom. The second-order valence-corrected chi connectivity index (χ2v) is 5.82. The van der Waals surface area contributed by atoms with Crippen LogP contribution in [0.15, 0.2) is 12.3 Å². The van der Waals surface area contributed by atoms with Gasteiger partial charge in [0.05, 0.1) is 12.6 Å². The third kappa shape index (κ3) is 2.95. The van der Waals surface area contributed by atoms with Crippen LogP contribution in [0, 0.1) is 0 Å². The largest absolute Gasteiger partial charge is 0.382 e. The fourth-order valence-corrected chi connectivity index (χ4v) is 3.16. The molecule has 0 aliphatic carbocycles. The molecule has 0 atom stereocenters. The summed E-state index contributed by atoms with van der Waals surface area (Å²) in [6.45, 7) is 4.39. The molecule has 1 amide bonds. The maximum atomic E-state index is 12.1. The zero-order valence-electron chi connectivity index (χ0n) is 11.9. The van der Waals surface area contributed by atoms with E-state index in [1.54, 1.807) is 0 Å². The van der Waals surface area contributed by atoms with E-state index < -0.39 is 0 Å². The topological polar surface area (TPSA) is 67.4 Å². The number of nitrogens with two attached hydrogens (primary N) is 1. The Balaban J connectivity index is 1.47. The van der Waals surface area contributed by atoms with Crippen LogP contribution in [-0.4, -0.2) is 58.2 Å². The van der Waals surface area contributed by atoms with Gasteiger partial charge in [-0.05, 0) is 31.7 Å². The van der Waals surface area contributed by atoms with Crippen molar-refractivity contribution in [3.05, 3.63) is 12.3 Å². The van der Waals surface area contributed by atoms with Gasteiger partial charge in [-0.25, -0.2) is 0 Å². The third-order valence-corrected chi connectivity index (χ3v) is 4.38. The van der Waals surface area contributed by atoms with Crippen molar-refractivity contribution in [2.45, 2.75) is 31.7 Å². The van der Waals surface area contributed by atoms with Crippen LogP contribution in [0.4, 0.5) is 5.82 Å². The number of amides is 1. The average molecular weight is 277 g/mol. The second kappa shape index (κ2) is 5.83. The SMILES string of the molecule is Nc1ccn(C2CCN(CC(=O)N3CCCC3)CC2)n1. The fourth-order valence-electron chi connectivity index (χ4n) is 3.16. The van der Waals surface area contributed by atoms with Crippen LogP contribution >= 0.6 is 0 Å². The Bertz CT molecular complexity index is 458. The van der Waals surface area contributed by atoms with Crippen LogP contribution in [0.5, 0.6) is 0 Å². The van der Waals surface area contributed by atoms with Crippen molar-refractivity contribution in [3.63, 3.8) is 0 Å². The molecule has 6 nitrogen and oxygen atoms in total. The normalized spacial score (nSPS) is 21.5. The molecule has 2 aliphatic rings. The van der Waals surface area contributed by atoms with Gasteiger partial charge in [0.2, 0.25) is 5.91 Å². The van der Waals surface area contributed by atoms with Crippen LogP contribution in [0.25, 0.3) is 0 Å². The van der Waals surface area contributed by atoms with E-state index in [1.807, 2.05) is 21.8 Å². The molecule has 2 fully saturated rings. The molecular weight excluding hydrogens is 254 g/mol. The molecule has 2 saturated heterocycles. The van der Waals surface area contributed by atoms with Crippen LogP contribution in [0.2, 0.25) is 0 Å². The smallest absolute Gasteiger partial charge is 0.236 e. The van der Waals surface area contributed by atoms with Crippen LogP contribution in [0.3, 0.4) is 0 Å². The Morgan fingerprint density at radius 2 is 1.95 bits per heavy atom. The highest BCUT2D eigenvalue weighted by atomic mass is 16.2. The minimum Gasteiger partial charge on any atom is -0.382 e. The van der Waals surface area contributed by atoms with Gasteiger partial charge in [-0.15, -0.1) is 0 Å². The summed E-state index contributed by atoms with van der Waals surface area (Å²) >= 11 is 0. The lowest BCUT2D eigenvalue weighted by Gasteiger charge is -2.32. The molecule has 6 heteroatoms. The van der Waals surface area contributed by atoms with Gasteiger partial charge in [-0.2, -0.15) is 5.10 Å². The summed E-state index contributed by atoms with van der Waals surface area (Å²) in [7, 11) is 0. The Labute approximate surface area is 119 Å². The first-order valence-corrected chi connectivity index (χ1v) is 7.53. The van der Waals surface area contributed by atoms with Crippen molar-refractivity contribution in [1.82, 2.24) is 19.6 Å². The van der Waals surface area contributed by atoms with E-state index in [0.717, 1.165) is 51.9 Å². The van der Waals surface area contributed by atoms with Gasteiger partial charge in [0.25, 0.3) is 0 Å². The van der Waals surface area contributed by atoms with Crippen molar-refractivity contribution in [3.8, 4) is 0 Å². The number of hydrogen-bond acceptors (Lipinski definition) is 4. The minimum atomic E-state index is 0.296. The van der Waals surface area contributed by atoms with Gasteiger partial charge in [0.1, 0.15) is 5.82 Å². The lowest BCUT2D eigenvalue weighted by atomic mass is 10.1. The molecule has 3 heterocycles. The number of hydrogen-bond donors (Lipinski definition) is 1. The second-order valence-electron chi connectivity index (χ2n) is 5.82. The van der Waals surface area contributed by atoms with Crippen molar-refractivity contribution in [2.24, 2.45) is 0 Å². The molecule has 0 unspecified atom stereocenters. The molecule has 2 aliphatic heterocycles. The predicted molar refractivity (Wildman–Crippen MR) is 77.2 cm³/mol. The van der Waals surface area contributed by atoms with Crippen molar-refractivity contribution in [1.29, 1.82) is 0 Å². The number of piperidine rings is 1. The molecule has 0 bridgehead atoms. The number of nitrogens with zero attached hydrogens (tertiary/aromatic N) is 4. The average Bonchev–Trinajstić information content (AvgIpc) is 3.10. The molecule has 110 valence electrons. The van der Waals surface area contributed by atoms with Gasteiger partial charge in [-0.3, -0.25) is 14.4 Å². The highest BCUT2D eigenvalue weighted by Crippen LogP contribution is 2.22. The number of rotatable bonds is 3. The third-order valence-electron chi connectivity index (χ3n) is 4.38. The van der Waals surface area contributed by atoms with Crippen molar-refractivity contribution >= 4 is 11.7 Å². The Hall–Kier alpha value is -1.56. The molecule has 20 heavy (non-hydrogen) atoms. The molecule has 0 aromatic carbocycles. The summed E-state index contributed by atoms with van der Waals surface area (Å²) in [5.41, 5.74) is 5.66. The fraction of sp³-hybridized carbons (Fsp3) is 0.714. The summed E-state index contributed by atoms with van der Waals surface area (Å²) in [5, 5.41) is 4.28. The van der Waals surface area contributed by atoms with Gasteiger partial charge in [0, 0.05) is 32.4 Å². The monoisotopic (exact) mass is 277 g/mol. The molecule has 1 aromatic heterocycles. The van der Waals surface area contributed by atoms with E-state index in [0.29, 0.717) is 24.3 Å². The summed E-state index contributed by atoms with van der Waals surface area (Å²) in [6, 6.07) is 2.26.